The summed E-state index contributed by atoms with van der Waals surface area (Å²) in [5.41, 5.74) is 5.91. The quantitative estimate of drug-likeness (QED) is 0.178. The Kier molecular flexibility index (Phi) is 6.55. The van der Waals surface area contributed by atoms with Crippen molar-refractivity contribution in [1.82, 2.24) is 0 Å². The zero-order valence-corrected chi connectivity index (χ0v) is 19.5. The molecule has 0 aliphatic heterocycles. The number of isocyanates is 1. The highest BCUT2D eigenvalue weighted by Crippen LogP contribution is 2.50. The normalized spacial score (nSPS) is 11.1. The van der Waals surface area contributed by atoms with Gasteiger partial charge in [0, 0.05) is 11.1 Å². The van der Waals surface area contributed by atoms with Gasteiger partial charge in [0.1, 0.15) is 0 Å². The first-order chi connectivity index (χ1) is 18.0. The number of hydrogen-bond donors (Lipinski definition) is 0. The number of benzene rings is 5. The molecule has 0 fully saturated rings. The van der Waals surface area contributed by atoms with Crippen molar-refractivity contribution in [2.75, 3.05) is 0 Å². The van der Waals surface area contributed by atoms with Gasteiger partial charge in [-0.15, -0.1) is 0 Å². The highest BCUT2D eigenvalue weighted by atomic mass is 19.4. The van der Waals surface area contributed by atoms with Gasteiger partial charge in [-0.05, 0) is 51.6 Å². The SMILES string of the molecule is O=C=Nc1cc(-c2ccc(C(F)(F)F)cc2)c(-c2ccccc2)c(-c2ccccc2)c1-c1ccccc1. The van der Waals surface area contributed by atoms with Gasteiger partial charge >= 0.3 is 6.18 Å². The Morgan fingerprint density at radius 2 is 1.00 bits per heavy atom. The van der Waals surface area contributed by atoms with Crippen LogP contribution < -0.4 is 0 Å². The average Bonchev–Trinajstić information content (AvgIpc) is 2.93. The van der Waals surface area contributed by atoms with E-state index in [1.807, 2.05) is 91.0 Å². The molecule has 37 heavy (non-hydrogen) atoms. The summed E-state index contributed by atoms with van der Waals surface area (Å²) in [5.74, 6) is 0. The van der Waals surface area contributed by atoms with Crippen LogP contribution >= 0.6 is 0 Å². The minimum atomic E-state index is -4.44. The van der Waals surface area contributed by atoms with Crippen LogP contribution in [0.3, 0.4) is 0 Å². The molecular weight excluding hydrogens is 471 g/mol. The van der Waals surface area contributed by atoms with Crippen molar-refractivity contribution in [3.8, 4) is 44.5 Å². The summed E-state index contributed by atoms with van der Waals surface area (Å²) in [6.07, 6.45) is -2.78. The summed E-state index contributed by atoms with van der Waals surface area (Å²) in [6, 6.07) is 35.8. The summed E-state index contributed by atoms with van der Waals surface area (Å²) in [4.78, 5) is 15.6. The summed E-state index contributed by atoms with van der Waals surface area (Å²) in [7, 11) is 0. The largest absolute Gasteiger partial charge is 0.416 e. The number of halogens is 3. The van der Waals surface area contributed by atoms with Gasteiger partial charge in [0.05, 0.1) is 11.3 Å². The molecule has 0 heterocycles. The minimum Gasteiger partial charge on any atom is -0.211 e. The first-order valence-electron chi connectivity index (χ1n) is 11.6. The molecular formula is C32H20F3NO. The predicted octanol–water partition coefficient (Wildman–Crippen LogP) is 9.34. The monoisotopic (exact) mass is 491 g/mol. The van der Waals surface area contributed by atoms with Crippen molar-refractivity contribution < 1.29 is 18.0 Å². The number of aliphatic imine (C=N–C) groups is 1. The molecule has 0 saturated heterocycles. The standard InChI is InChI=1S/C32H20F3NO/c33-32(34,35)26-18-16-22(17-19-26)27-20-28(36-21-37)30(24-12-6-2-7-13-24)31(25-14-8-3-9-15-25)29(27)23-10-4-1-5-11-23/h1-20H. The molecule has 0 N–H and O–H groups in total. The van der Waals surface area contributed by atoms with E-state index in [-0.39, 0.29) is 0 Å². The van der Waals surface area contributed by atoms with Gasteiger partial charge in [-0.2, -0.15) is 18.2 Å². The van der Waals surface area contributed by atoms with Crippen LogP contribution in [0.4, 0.5) is 18.9 Å². The smallest absolute Gasteiger partial charge is 0.211 e. The maximum Gasteiger partial charge on any atom is 0.416 e. The summed E-state index contributed by atoms with van der Waals surface area (Å²) < 4.78 is 39.9. The van der Waals surface area contributed by atoms with Crippen LogP contribution in [0.25, 0.3) is 44.5 Å². The van der Waals surface area contributed by atoms with Crippen molar-refractivity contribution in [2.24, 2.45) is 4.99 Å². The van der Waals surface area contributed by atoms with Crippen LogP contribution in [0.1, 0.15) is 5.56 Å². The number of rotatable bonds is 5. The number of nitrogens with zero attached hydrogens (tertiary/aromatic N) is 1. The molecule has 0 atom stereocenters. The molecule has 0 radical (unpaired) electrons. The Morgan fingerprint density at radius 1 is 0.541 bits per heavy atom. The van der Waals surface area contributed by atoms with Gasteiger partial charge in [-0.25, -0.2) is 4.79 Å². The van der Waals surface area contributed by atoms with Crippen molar-refractivity contribution in [1.29, 1.82) is 0 Å². The van der Waals surface area contributed by atoms with Crippen LogP contribution in [0.5, 0.6) is 0 Å². The summed E-state index contributed by atoms with van der Waals surface area (Å²) in [5, 5.41) is 0. The number of alkyl halides is 3. The van der Waals surface area contributed by atoms with Gasteiger partial charge in [0.15, 0.2) is 0 Å². The Balaban J connectivity index is 1.94. The Bertz CT molecular complexity index is 1570. The van der Waals surface area contributed by atoms with Crippen molar-refractivity contribution in [3.63, 3.8) is 0 Å². The van der Waals surface area contributed by atoms with Crippen LogP contribution in [0.2, 0.25) is 0 Å². The zero-order chi connectivity index (χ0) is 25.8. The fraction of sp³-hybridized carbons (Fsp3) is 0.0312. The first-order valence-corrected chi connectivity index (χ1v) is 11.6. The maximum absolute atomic E-state index is 13.3. The molecule has 0 aliphatic rings. The fourth-order valence-corrected chi connectivity index (χ4v) is 4.57. The van der Waals surface area contributed by atoms with E-state index in [0.717, 1.165) is 45.5 Å². The Hall–Kier alpha value is -4.73. The highest BCUT2D eigenvalue weighted by molar-refractivity contribution is 6.06. The molecule has 5 aromatic carbocycles. The first kappa shape index (κ1) is 24.0. The van der Waals surface area contributed by atoms with E-state index in [1.165, 1.54) is 12.1 Å². The lowest BCUT2D eigenvalue weighted by molar-refractivity contribution is -0.137. The molecule has 0 amide bonds. The van der Waals surface area contributed by atoms with Crippen LogP contribution in [-0.2, 0) is 11.0 Å². The molecule has 0 aromatic heterocycles. The zero-order valence-electron chi connectivity index (χ0n) is 19.5. The van der Waals surface area contributed by atoms with Crippen molar-refractivity contribution in [2.45, 2.75) is 6.18 Å². The van der Waals surface area contributed by atoms with Gasteiger partial charge in [0.2, 0.25) is 6.08 Å². The Morgan fingerprint density at radius 3 is 1.46 bits per heavy atom. The van der Waals surface area contributed by atoms with Gasteiger partial charge in [0.25, 0.3) is 0 Å². The second-order valence-corrected chi connectivity index (χ2v) is 8.44. The number of hydrogen-bond acceptors (Lipinski definition) is 2. The van der Waals surface area contributed by atoms with E-state index in [9.17, 15) is 18.0 Å². The lowest BCUT2D eigenvalue weighted by atomic mass is 9.82. The molecule has 0 aliphatic carbocycles. The van der Waals surface area contributed by atoms with Gasteiger partial charge in [-0.1, -0.05) is 103 Å². The molecule has 180 valence electrons. The Labute approximate surface area is 212 Å². The molecule has 5 aromatic rings. The van der Waals surface area contributed by atoms with Crippen LogP contribution in [-0.4, -0.2) is 6.08 Å². The van der Waals surface area contributed by atoms with E-state index in [4.69, 9.17) is 0 Å². The molecule has 5 rings (SSSR count). The number of carbonyl (C=O) groups excluding carboxylic acids is 1. The highest BCUT2D eigenvalue weighted by Gasteiger charge is 2.30. The summed E-state index contributed by atoms with van der Waals surface area (Å²) >= 11 is 0. The van der Waals surface area contributed by atoms with E-state index >= 15 is 0 Å². The van der Waals surface area contributed by atoms with Crippen LogP contribution in [0.15, 0.2) is 126 Å². The molecule has 0 saturated carbocycles. The maximum atomic E-state index is 13.3. The average molecular weight is 492 g/mol. The van der Waals surface area contributed by atoms with E-state index in [1.54, 1.807) is 12.1 Å². The summed E-state index contributed by atoms with van der Waals surface area (Å²) in [6.45, 7) is 0. The minimum absolute atomic E-state index is 0.384. The molecule has 0 unspecified atom stereocenters. The topological polar surface area (TPSA) is 29.4 Å². The fourth-order valence-electron chi connectivity index (χ4n) is 4.57. The predicted molar refractivity (Wildman–Crippen MR) is 141 cm³/mol. The molecule has 5 heteroatoms. The third-order valence-corrected chi connectivity index (χ3v) is 6.18. The van der Waals surface area contributed by atoms with Gasteiger partial charge < -0.3 is 0 Å². The van der Waals surface area contributed by atoms with E-state index in [2.05, 4.69) is 4.99 Å². The van der Waals surface area contributed by atoms with E-state index in [0.29, 0.717) is 16.8 Å². The van der Waals surface area contributed by atoms with Crippen LogP contribution in [0, 0.1) is 0 Å². The third kappa shape index (κ3) is 4.86. The van der Waals surface area contributed by atoms with Crippen molar-refractivity contribution in [3.05, 3.63) is 127 Å². The third-order valence-electron chi connectivity index (χ3n) is 6.18. The second kappa shape index (κ2) is 10.1. The molecule has 0 spiro atoms. The lowest BCUT2D eigenvalue weighted by Crippen LogP contribution is -2.04. The van der Waals surface area contributed by atoms with Crippen molar-refractivity contribution >= 4 is 11.8 Å². The van der Waals surface area contributed by atoms with Gasteiger partial charge in [-0.3, -0.25) is 0 Å². The lowest BCUT2D eigenvalue weighted by Gasteiger charge is -2.22. The van der Waals surface area contributed by atoms with E-state index < -0.39 is 11.7 Å². The second-order valence-electron chi connectivity index (χ2n) is 8.44. The molecule has 0 bridgehead atoms. The molecule has 2 nitrogen and oxygen atoms in total.